The van der Waals surface area contributed by atoms with Crippen LogP contribution >= 0.6 is 11.6 Å². The summed E-state index contributed by atoms with van der Waals surface area (Å²) >= 11 is 6.37. The van der Waals surface area contributed by atoms with Gasteiger partial charge in [-0.2, -0.15) is 5.10 Å². The fraction of sp³-hybridized carbons (Fsp3) is 0.500. The van der Waals surface area contributed by atoms with Crippen LogP contribution in [0.15, 0.2) is 12.1 Å². The van der Waals surface area contributed by atoms with Crippen molar-refractivity contribution in [1.82, 2.24) is 10.2 Å². The van der Waals surface area contributed by atoms with E-state index >= 15 is 0 Å². The van der Waals surface area contributed by atoms with Crippen molar-refractivity contribution in [2.45, 2.75) is 31.8 Å². The van der Waals surface area contributed by atoms with Gasteiger partial charge in [0.2, 0.25) is 0 Å². The van der Waals surface area contributed by atoms with E-state index in [1.54, 1.807) is 0 Å². The molecule has 0 radical (unpaired) electrons. The van der Waals surface area contributed by atoms with Gasteiger partial charge in [-0.1, -0.05) is 18.5 Å². The van der Waals surface area contributed by atoms with Crippen molar-refractivity contribution in [3.63, 3.8) is 0 Å². The van der Waals surface area contributed by atoms with Crippen LogP contribution in [0, 0.1) is 0 Å². The molecule has 108 valence electrons. The zero-order valence-electron chi connectivity index (χ0n) is 11.5. The quantitative estimate of drug-likeness (QED) is 0.795. The Labute approximate surface area is 122 Å². The molecule has 1 saturated heterocycles. The molecule has 1 aliphatic rings. The largest absolute Gasteiger partial charge is 0.390 e. The van der Waals surface area contributed by atoms with Gasteiger partial charge in [-0.05, 0) is 31.4 Å². The lowest BCUT2D eigenvalue weighted by atomic mass is 9.89. The smallest absolute Gasteiger partial charge is 0.153 e. The molecule has 4 N–H and O–H groups in total. The highest BCUT2D eigenvalue weighted by Gasteiger charge is 2.31. The molecule has 0 bridgehead atoms. The van der Waals surface area contributed by atoms with Crippen LogP contribution in [0.4, 0.5) is 11.5 Å². The highest BCUT2D eigenvalue weighted by atomic mass is 35.5. The number of nitrogen functional groups attached to an aromatic ring is 1. The summed E-state index contributed by atoms with van der Waals surface area (Å²) in [4.78, 5) is 2.21. The van der Waals surface area contributed by atoms with Crippen LogP contribution in [0.3, 0.4) is 0 Å². The van der Waals surface area contributed by atoms with E-state index in [0.29, 0.717) is 10.8 Å². The number of anilines is 2. The van der Waals surface area contributed by atoms with E-state index in [1.165, 1.54) is 0 Å². The Balaban J connectivity index is 1.89. The fourth-order valence-electron chi connectivity index (χ4n) is 2.81. The first kappa shape index (κ1) is 13.5. The van der Waals surface area contributed by atoms with E-state index in [2.05, 4.69) is 15.1 Å². The van der Waals surface area contributed by atoms with E-state index in [1.807, 2.05) is 19.1 Å². The Kier molecular flexibility index (Phi) is 3.26. The number of nitrogens with zero attached hydrogens (tertiary/aromatic N) is 2. The third kappa shape index (κ3) is 2.21. The highest BCUT2D eigenvalue weighted by molar-refractivity contribution is 6.34. The van der Waals surface area contributed by atoms with Crippen molar-refractivity contribution in [2.24, 2.45) is 0 Å². The Bertz CT molecular complexity index is 631. The molecule has 2 aromatic rings. The van der Waals surface area contributed by atoms with E-state index in [0.717, 1.165) is 48.9 Å². The second kappa shape index (κ2) is 4.82. The number of aromatic amines is 1. The summed E-state index contributed by atoms with van der Waals surface area (Å²) in [6.45, 7) is 3.64. The van der Waals surface area contributed by atoms with Gasteiger partial charge in [0, 0.05) is 18.5 Å². The van der Waals surface area contributed by atoms with Gasteiger partial charge < -0.3 is 15.7 Å². The maximum absolute atomic E-state index is 10.3. The van der Waals surface area contributed by atoms with Crippen LogP contribution in [0.2, 0.25) is 5.02 Å². The number of nitrogens with one attached hydrogen (secondary N) is 1. The molecule has 6 heteroatoms. The number of fused-ring (bicyclic) bond motifs is 1. The van der Waals surface area contributed by atoms with Crippen LogP contribution in [-0.4, -0.2) is 34.0 Å². The average molecular weight is 295 g/mol. The van der Waals surface area contributed by atoms with Gasteiger partial charge in [-0.3, -0.25) is 5.10 Å². The third-order valence-electron chi connectivity index (χ3n) is 4.35. The first-order valence-electron chi connectivity index (χ1n) is 6.93. The number of piperidine rings is 1. The highest BCUT2D eigenvalue weighted by Crippen LogP contribution is 2.35. The summed E-state index contributed by atoms with van der Waals surface area (Å²) in [5.74, 6) is 0.465. The van der Waals surface area contributed by atoms with Crippen molar-refractivity contribution in [3.05, 3.63) is 17.2 Å². The maximum atomic E-state index is 10.3. The van der Waals surface area contributed by atoms with Crippen LogP contribution in [-0.2, 0) is 0 Å². The van der Waals surface area contributed by atoms with E-state index in [-0.39, 0.29) is 0 Å². The van der Waals surface area contributed by atoms with Gasteiger partial charge in [0.1, 0.15) is 0 Å². The van der Waals surface area contributed by atoms with Crippen molar-refractivity contribution in [1.29, 1.82) is 0 Å². The lowest BCUT2D eigenvalue weighted by Crippen LogP contribution is -2.44. The lowest BCUT2D eigenvalue weighted by Gasteiger charge is -2.39. The number of hydrogen-bond donors (Lipinski definition) is 3. The summed E-state index contributed by atoms with van der Waals surface area (Å²) in [7, 11) is 0. The van der Waals surface area contributed by atoms with Crippen LogP contribution in [0.25, 0.3) is 10.9 Å². The minimum absolute atomic E-state index is 0.465. The number of halogens is 1. The Morgan fingerprint density at radius 3 is 2.80 bits per heavy atom. The van der Waals surface area contributed by atoms with E-state index in [4.69, 9.17) is 17.3 Å². The monoisotopic (exact) mass is 294 g/mol. The molecule has 0 aliphatic carbocycles. The number of benzene rings is 1. The lowest BCUT2D eigenvalue weighted by molar-refractivity contribution is 0.0126. The van der Waals surface area contributed by atoms with Crippen molar-refractivity contribution < 1.29 is 5.11 Å². The number of aromatic nitrogens is 2. The zero-order valence-corrected chi connectivity index (χ0v) is 12.2. The average Bonchev–Trinajstić information content (AvgIpc) is 2.80. The number of aliphatic hydroxyl groups is 1. The normalized spacial score (nSPS) is 18.6. The minimum Gasteiger partial charge on any atom is -0.390 e. The van der Waals surface area contributed by atoms with Gasteiger partial charge in [0.05, 0.1) is 21.8 Å². The molecule has 1 fully saturated rings. The summed E-state index contributed by atoms with van der Waals surface area (Å²) in [6.07, 6.45) is 2.33. The fourth-order valence-corrected chi connectivity index (χ4v) is 3.09. The predicted octanol–water partition coefficient (Wildman–Crippen LogP) is 2.54. The molecule has 0 unspecified atom stereocenters. The molecule has 5 nitrogen and oxygen atoms in total. The van der Waals surface area contributed by atoms with Crippen LogP contribution in [0.5, 0.6) is 0 Å². The van der Waals surface area contributed by atoms with Gasteiger partial charge in [-0.15, -0.1) is 0 Å². The molecule has 2 heterocycles. The predicted molar refractivity (Wildman–Crippen MR) is 82.2 cm³/mol. The first-order valence-corrected chi connectivity index (χ1v) is 7.30. The molecule has 3 rings (SSSR count). The summed E-state index contributed by atoms with van der Waals surface area (Å²) < 4.78 is 0. The van der Waals surface area contributed by atoms with Crippen molar-refractivity contribution in [2.75, 3.05) is 23.7 Å². The molecule has 1 aromatic carbocycles. The van der Waals surface area contributed by atoms with Gasteiger partial charge in [0.15, 0.2) is 5.82 Å². The standard InChI is InChI=1S/C14H19ClN4O/c1-2-14(20)3-5-19(6-4-14)12-8-11-9(7-10(12)15)13(16)18-17-11/h7-8,20H,2-6H2,1H3,(H3,16,17,18). The van der Waals surface area contributed by atoms with Gasteiger partial charge in [-0.25, -0.2) is 0 Å². The van der Waals surface area contributed by atoms with E-state index < -0.39 is 5.60 Å². The Morgan fingerprint density at radius 2 is 2.15 bits per heavy atom. The summed E-state index contributed by atoms with van der Waals surface area (Å²) in [5, 5.41) is 18.7. The third-order valence-corrected chi connectivity index (χ3v) is 4.66. The van der Waals surface area contributed by atoms with E-state index in [9.17, 15) is 5.11 Å². The van der Waals surface area contributed by atoms with Crippen molar-refractivity contribution >= 4 is 34.0 Å². The Hall–Kier alpha value is -1.46. The Morgan fingerprint density at radius 1 is 1.45 bits per heavy atom. The molecule has 20 heavy (non-hydrogen) atoms. The second-order valence-electron chi connectivity index (χ2n) is 5.52. The second-order valence-corrected chi connectivity index (χ2v) is 5.93. The zero-order chi connectivity index (χ0) is 14.3. The number of H-pyrrole nitrogens is 1. The molecule has 0 saturated carbocycles. The SMILES string of the molecule is CCC1(O)CCN(c2cc3[nH]nc(N)c3cc2Cl)CC1. The summed E-state index contributed by atoms with van der Waals surface area (Å²) in [6, 6.07) is 3.84. The molecular weight excluding hydrogens is 276 g/mol. The van der Waals surface area contributed by atoms with Crippen LogP contribution in [0.1, 0.15) is 26.2 Å². The molecular formula is C14H19ClN4O. The molecule has 1 aromatic heterocycles. The maximum Gasteiger partial charge on any atom is 0.153 e. The number of hydrogen-bond acceptors (Lipinski definition) is 4. The first-order chi connectivity index (χ1) is 9.52. The van der Waals surface area contributed by atoms with Gasteiger partial charge in [0.25, 0.3) is 0 Å². The van der Waals surface area contributed by atoms with Crippen LogP contribution < -0.4 is 10.6 Å². The minimum atomic E-state index is -0.522. The van der Waals surface area contributed by atoms with Crippen molar-refractivity contribution in [3.8, 4) is 0 Å². The topological polar surface area (TPSA) is 78.2 Å². The molecule has 1 aliphatic heterocycles. The summed E-state index contributed by atoms with van der Waals surface area (Å²) in [5.41, 5.74) is 7.12. The number of rotatable bonds is 2. The van der Waals surface area contributed by atoms with Gasteiger partial charge >= 0.3 is 0 Å². The number of nitrogens with two attached hydrogens (primary N) is 1. The molecule has 0 spiro atoms. The molecule has 0 amide bonds. The molecule has 0 atom stereocenters.